The van der Waals surface area contributed by atoms with E-state index in [-0.39, 0.29) is 0 Å². The van der Waals surface area contributed by atoms with Crippen LogP contribution in [0, 0.1) is 17.3 Å². The van der Waals surface area contributed by atoms with Crippen LogP contribution < -0.4 is 5.32 Å². The molecule has 1 aliphatic carbocycles. The molecule has 0 aromatic heterocycles. The zero-order valence-electron chi connectivity index (χ0n) is 14.5. The lowest BCUT2D eigenvalue weighted by molar-refractivity contribution is 0.0293. The maximum absolute atomic E-state index is 5.64. The van der Waals surface area contributed by atoms with Crippen molar-refractivity contribution >= 4 is 0 Å². The van der Waals surface area contributed by atoms with Crippen molar-refractivity contribution in [2.45, 2.75) is 52.4 Å². The van der Waals surface area contributed by atoms with Crippen LogP contribution in [-0.4, -0.2) is 51.3 Å². The molecule has 2 aliphatic rings. The van der Waals surface area contributed by atoms with Crippen molar-refractivity contribution in [3.05, 3.63) is 0 Å². The highest BCUT2D eigenvalue weighted by atomic mass is 16.5. The Morgan fingerprint density at radius 1 is 1.24 bits per heavy atom. The van der Waals surface area contributed by atoms with Gasteiger partial charge < -0.3 is 15.0 Å². The van der Waals surface area contributed by atoms with Crippen molar-refractivity contribution in [2.75, 3.05) is 46.4 Å². The lowest BCUT2D eigenvalue weighted by Gasteiger charge is -2.43. The summed E-state index contributed by atoms with van der Waals surface area (Å²) in [5, 5.41) is 3.63. The monoisotopic (exact) mass is 296 g/mol. The molecule has 1 saturated heterocycles. The van der Waals surface area contributed by atoms with Crippen LogP contribution in [0.5, 0.6) is 0 Å². The van der Waals surface area contributed by atoms with E-state index in [1.54, 1.807) is 0 Å². The van der Waals surface area contributed by atoms with E-state index in [2.05, 4.69) is 31.1 Å². The van der Waals surface area contributed by atoms with E-state index >= 15 is 0 Å². The molecule has 3 heteroatoms. The summed E-state index contributed by atoms with van der Waals surface area (Å²) >= 11 is 0. The molecule has 0 radical (unpaired) electrons. The summed E-state index contributed by atoms with van der Waals surface area (Å²) in [6.07, 6.45) is 8.21. The number of hydrogen-bond donors (Lipinski definition) is 1. The molecule has 2 fully saturated rings. The first-order valence-electron chi connectivity index (χ1n) is 9.10. The first-order valence-corrected chi connectivity index (χ1v) is 9.10. The first kappa shape index (κ1) is 17.2. The zero-order valence-corrected chi connectivity index (χ0v) is 14.5. The summed E-state index contributed by atoms with van der Waals surface area (Å²) < 4.78 is 5.64. The van der Waals surface area contributed by atoms with Crippen LogP contribution in [0.2, 0.25) is 0 Å². The van der Waals surface area contributed by atoms with Crippen LogP contribution in [-0.2, 0) is 4.74 Å². The van der Waals surface area contributed by atoms with Crippen molar-refractivity contribution in [1.82, 2.24) is 10.2 Å². The fourth-order valence-corrected chi connectivity index (χ4v) is 4.18. The second kappa shape index (κ2) is 8.50. The highest BCUT2D eigenvalue weighted by Crippen LogP contribution is 2.39. The molecule has 1 saturated carbocycles. The molecule has 0 amide bonds. The van der Waals surface area contributed by atoms with Gasteiger partial charge in [0.25, 0.3) is 0 Å². The normalized spacial score (nSPS) is 34.3. The Balaban J connectivity index is 1.84. The molecule has 0 bridgehead atoms. The van der Waals surface area contributed by atoms with Gasteiger partial charge in [0.1, 0.15) is 0 Å². The summed E-state index contributed by atoms with van der Waals surface area (Å²) in [4.78, 5) is 2.59. The Labute approximate surface area is 131 Å². The largest absolute Gasteiger partial charge is 0.381 e. The first-order chi connectivity index (χ1) is 10.1. The van der Waals surface area contributed by atoms with Crippen molar-refractivity contribution in [3.8, 4) is 0 Å². The smallest absolute Gasteiger partial charge is 0.0506 e. The summed E-state index contributed by atoms with van der Waals surface area (Å²) in [7, 11) is 2.32. The van der Waals surface area contributed by atoms with Gasteiger partial charge in [-0.25, -0.2) is 0 Å². The Kier molecular flexibility index (Phi) is 6.97. The van der Waals surface area contributed by atoms with Gasteiger partial charge in [-0.1, -0.05) is 26.7 Å². The number of ether oxygens (including phenoxy) is 1. The SMILES string of the molecule is CCNCC1(CN(C)CC2CCCOC2)CCC(C)CC1. The number of nitrogens with one attached hydrogen (secondary N) is 1. The van der Waals surface area contributed by atoms with Gasteiger partial charge >= 0.3 is 0 Å². The molecule has 1 N–H and O–H groups in total. The lowest BCUT2D eigenvalue weighted by atomic mass is 9.70. The van der Waals surface area contributed by atoms with Crippen LogP contribution in [0.25, 0.3) is 0 Å². The predicted molar refractivity (Wildman–Crippen MR) is 89.6 cm³/mol. The molecule has 1 aliphatic heterocycles. The van der Waals surface area contributed by atoms with Gasteiger partial charge in [-0.2, -0.15) is 0 Å². The summed E-state index contributed by atoms with van der Waals surface area (Å²) in [6.45, 7) is 11.3. The molecule has 21 heavy (non-hydrogen) atoms. The maximum Gasteiger partial charge on any atom is 0.0506 e. The second-order valence-corrected chi connectivity index (χ2v) is 7.74. The average Bonchev–Trinajstić information content (AvgIpc) is 2.49. The highest BCUT2D eigenvalue weighted by Gasteiger charge is 2.35. The third-order valence-electron chi connectivity index (χ3n) is 5.51. The fourth-order valence-electron chi connectivity index (χ4n) is 4.18. The minimum Gasteiger partial charge on any atom is -0.381 e. The molecule has 3 nitrogen and oxygen atoms in total. The number of hydrogen-bond acceptors (Lipinski definition) is 3. The molecular weight excluding hydrogens is 260 g/mol. The van der Waals surface area contributed by atoms with Crippen LogP contribution in [0.4, 0.5) is 0 Å². The third kappa shape index (κ3) is 5.54. The minimum atomic E-state index is 0.507. The Hall–Kier alpha value is -0.120. The topological polar surface area (TPSA) is 24.5 Å². The summed E-state index contributed by atoms with van der Waals surface area (Å²) in [5.41, 5.74) is 0.507. The minimum absolute atomic E-state index is 0.507. The molecule has 0 spiro atoms. The van der Waals surface area contributed by atoms with E-state index in [0.717, 1.165) is 31.6 Å². The van der Waals surface area contributed by atoms with Gasteiger partial charge in [0.15, 0.2) is 0 Å². The van der Waals surface area contributed by atoms with Crippen LogP contribution in [0.3, 0.4) is 0 Å². The van der Waals surface area contributed by atoms with Crippen molar-refractivity contribution in [2.24, 2.45) is 17.3 Å². The maximum atomic E-state index is 5.64. The summed E-state index contributed by atoms with van der Waals surface area (Å²) in [5.74, 6) is 1.68. The van der Waals surface area contributed by atoms with E-state index in [1.165, 1.54) is 58.2 Å². The van der Waals surface area contributed by atoms with Crippen LogP contribution in [0.15, 0.2) is 0 Å². The van der Waals surface area contributed by atoms with Crippen LogP contribution >= 0.6 is 0 Å². The van der Waals surface area contributed by atoms with Gasteiger partial charge in [0, 0.05) is 26.2 Å². The number of nitrogens with zero attached hydrogens (tertiary/aromatic N) is 1. The molecule has 0 aromatic carbocycles. The second-order valence-electron chi connectivity index (χ2n) is 7.74. The molecule has 0 aromatic rings. The molecule has 2 rings (SSSR count). The third-order valence-corrected chi connectivity index (χ3v) is 5.51. The lowest BCUT2D eigenvalue weighted by Crippen LogP contribution is -2.46. The Morgan fingerprint density at radius 3 is 2.62 bits per heavy atom. The van der Waals surface area contributed by atoms with E-state index < -0.39 is 0 Å². The Morgan fingerprint density at radius 2 is 2.00 bits per heavy atom. The molecule has 1 atom stereocenters. The van der Waals surface area contributed by atoms with Crippen molar-refractivity contribution in [3.63, 3.8) is 0 Å². The van der Waals surface area contributed by atoms with Crippen LogP contribution in [0.1, 0.15) is 52.4 Å². The molecular formula is C18H36N2O. The van der Waals surface area contributed by atoms with Gasteiger partial charge in [-0.05, 0) is 56.5 Å². The fraction of sp³-hybridized carbons (Fsp3) is 1.00. The van der Waals surface area contributed by atoms with Gasteiger partial charge in [-0.15, -0.1) is 0 Å². The predicted octanol–water partition coefficient (Wildman–Crippen LogP) is 3.15. The summed E-state index contributed by atoms with van der Waals surface area (Å²) in [6, 6.07) is 0. The van der Waals surface area contributed by atoms with E-state index in [1.807, 2.05) is 0 Å². The zero-order chi connectivity index (χ0) is 15.1. The quantitative estimate of drug-likeness (QED) is 0.781. The van der Waals surface area contributed by atoms with E-state index in [0.29, 0.717) is 5.41 Å². The standard InChI is InChI=1S/C18H36N2O/c1-4-19-14-18(9-7-16(2)8-10-18)15-20(3)12-17-6-5-11-21-13-17/h16-17,19H,4-15H2,1-3H3. The molecule has 1 unspecified atom stereocenters. The highest BCUT2D eigenvalue weighted by molar-refractivity contribution is 4.89. The van der Waals surface area contributed by atoms with Gasteiger partial charge in [-0.3, -0.25) is 0 Å². The molecule has 124 valence electrons. The molecule has 1 heterocycles. The number of rotatable bonds is 7. The van der Waals surface area contributed by atoms with E-state index in [9.17, 15) is 0 Å². The van der Waals surface area contributed by atoms with Crippen molar-refractivity contribution in [1.29, 1.82) is 0 Å². The van der Waals surface area contributed by atoms with Crippen molar-refractivity contribution < 1.29 is 4.74 Å². The van der Waals surface area contributed by atoms with Gasteiger partial charge in [0.2, 0.25) is 0 Å². The van der Waals surface area contributed by atoms with E-state index in [4.69, 9.17) is 4.74 Å². The van der Waals surface area contributed by atoms with Gasteiger partial charge in [0.05, 0.1) is 6.61 Å². The Bertz CT molecular complexity index is 275. The average molecular weight is 296 g/mol.